The van der Waals surface area contributed by atoms with Crippen molar-refractivity contribution in [1.82, 2.24) is 4.72 Å². The van der Waals surface area contributed by atoms with E-state index in [9.17, 15) is 4.39 Å². The first kappa shape index (κ1) is 8.90. The van der Waals surface area contributed by atoms with Crippen molar-refractivity contribution in [2.75, 3.05) is 0 Å². The zero-order valence-electron chi connectivity index (χ0n) is 5.75. The zero-order valence-corrected chi connectivity index (χ0v) is 7.46. The standard InChI is InChI=1S/C7H8FNS2/c8-7-4-2-1-3-6(7)5-9-11-10/h1-4,9-10H,5H2. The minimum atomic E-state index is -0.178. The molecule has 1 aromatic carbocycles. The molecule has 0 fully saturated rings. The highest BCUT2D eigenvalue weighted by molar-refractivity contribution is 8.67. The van der Waals surface area contributed by atoms with Gasteiger partial charge >= 0.3 is 0 Å². The third-order valence-electron chi connectivity index (χ3n) is 1.29. The van der Waals surface area contributed by atoms with E-state index in [2.05, 4.69) is 16.4 Å². The average Bonchev–Trinajstić information content (AvgIpc) is 2.03. The van der Waals surface area contributed by atoms with Gasteiger partial charge in [-0.05, 0) is 17.0 Å². The summed E-state index contributed by atoms with van der Waals surface area (Å²) in [6.07, 6.45) is 0. The summed E-state index contributed by atoms with van der Waals surface area (Å²) in [7, 11) is 1.18. The average molecular weight is 189 g/mol. The third kappa shape index (κ3) is 2.73. The Morgan fingerprint density at radius 3 is 2.82 bits per heavy atom. The first-order valence-electron chi connectivity index (χ1n) is 3.11. The summed E-state index contributed by atoms with van der Waals surface area (Å²) in [6, 6.07) is 6.67. The van der Waals surface area contributed by atoms with Crippen molar-refractivity contribution in [3.05, 3.63) is 35.6 Å². The van der Waals surface area contributed by atoms with E-state index < -0.39 is 0 Å². The van der Waals surface area contributed by atoms with Gasteiger partial charge in [0.1, 0.15) is 5.82 Å². The Morgan fingerprint density at radius 1 is 1.45 bits per heavy atom. The number of halogens is 1. The molecule has 0 heterocycles. The van der Waals surface area contributed by atoms with Crippen molar-refractivity contribution in [3.8, 4) is 0 Å². The van der Waals surface area contributed by atoms with Gasteiger partial charge in [-0.1, -0.05) is 29.9 Å². The van der Waals surface area contributed by atoms with Gasteiger partial charge < -0.3 is 0 Å². The van der Waals surface area contributed by atoms with Crippen molar-refractivity contribution < 1.29 is 4.39 Å². The maximum absolute atomic E-state index is 12.8. The molecule has 0 saturated carbocycles. The van der Waals surface area contributed by atoms with Crippen molar-refractivity contribution in [1.29, 1.82) is 0 Å². The number of hydrogen-bond donors (Lipinski definition) is 2. The van der Waals surface area contributed by atoms with E-state index in [1.807, 2.05) is 6.07 Å². The molecule has 60 valence electrons. The molecule has 0 aliphatic heterocycles. The molecule has 0 aliphatic carbocycles. The first-order valence-corrected chi connectivity index (χ1v) is 4.98. The molecular weight excluding hydrogens is 181 g/mol. The maximum atomic E-state index is 12.8. The first-order chi connectivity index (χ1) is 5.34. The molecule has 1 nitrogen and oxygen atoms in total. The molecule has 1 N–H and O–H groups in total. The quantitative estimate of drug-likeness (QED) is 0.430. The Labute approximate surface area is 74.3 Å². The number of benzene rings is 1. The molecule has 0 aliphatic rings. The Bertz CT molecular complexity index is 229. The van der Waals surface area contributed by atoms with Crippen LogP contribution in [0.4, 0.5) is 4.39 Å². The van der Waals surface area contributed by atoms with Crippen molar-refractivity contribution in [2.45, 2.75) is 6.54 Å². The van der Waals surface area contributed by atoms with Crippen LogP contribution < -0.4 is 4.72 Å². The number of hydrogen-bond acceptors (Lipinski definition) is 3. The summed E-state index contributed by atoms with van der Waals surface area (Å²) in [4.78, 5) is 0. The van der Waals surface area contributed by atoms with Crippen LogP contribution in [0, 0.1) is 5.82 Å². The second-order valence-corrected chi connectivity index (χ2v) is 3.02. The van der Waals surface area contributed by atoms with Crippen LogP contribution in [0.3, 0.4) is 0 Å². The van der Waals surface area contributed by atoms with Crippen LogP contribution in [0.2, 0.25) is 0 Å². The number of rotatable bonds is 3. The minimum Gasteiger partial charge on any atom is -0.250 e. The zero-order chi connectivity index (χ0) is 8.10. The lowest BCUT2D eigenvalue weighted by Gasteiger charge is -2.00. The van der Waals surface area contributed by atoms with Gasteiger partial charge in [0, 0.05) is 12.1 Å². The Balaban J connectivity index is 2.62. The van der Waals surface area contributed by atoms with Crippen LogP contribution in [-0.2, 0) is 6.54 Å². The molecule has 0 atom stereocenters. The van der Waals surface area contributed by atoms with Crippen LogP contribution in [0.5, 0.6) is 0 Å². The van der Waals surface area contributed by atoms with Gasteiger partial charge in [-0.15, -0.1) is 0 Å². The van der Waals surface area contributed by atoms with E-state index in [1.165, 1.54) is 17.0 Å². The monoisotopic (exact) mass is 189 g/mol. The van der Waals surface area contributed by atoms with Crippen LogP contribution >= 0.6 is 22.6 Å². The van der Waals surface area contributed by atoms with Gasteiger partial charge in [-0.2, -0.15) is 0 Å². The highest BCUT2D eigenvalue weighted by Gasteiger charge is 1.97. The molecule has 1 rings (SSSR count). The lowest BCUT2D eigenvalue weighted by atomic mass is 10.2. The molecule has 0 radical (unpaired) electrons. The van der Waals surface area contributed by atoms with Gasteiger partial charge in [-0.25, -0.2) is 4.39 Å². The molecule has 0 saturated heterocycles. The topological polar surface area (TPSA) is 12.0 Å². The van der Waals surface area contributed by atoms with E-state index in [0.29, 0.717) is 12.1 Å². The SMILES string of the molecule is Fc1ccccc1CNSS. The molecule has 0 spiro atoms. The summed E-state index contributed by atoms with van der Waals surface area (Å²) in [5.74, 6) is -0.178. The van der Waals surface area contributed by atoms with E-state index in [-0.39, 0.29) is 5.82 Å². The van der Waals surface area contributed by atoms with Gasteiger partial charge in [0.2, 0.25) is 0 Å². The van der Waals surface area contributed by atoms with Gasteiger partial charge in [0.15, 0.2) is 0 Å². The van der Waals surface area contributed by atoms with Crippen LogP contribution in [-0.4, -0.2) is 0 Å². The molecule has 1 aromatic rings. The summed E-state index contributed by atoms with van der Waals surface area (Å²) in [5.41, 5.74) is 0.661. The van der Waals surface area contributed by atoms with Crippen molar-refractivity contribution >= 4 is 22.6 Å². The normalized spacial score (nSPS) is 10.0. The molecule has 4 heteroatoms. The number of nitrogens with one attached hydrogen (secondary N) is 1. The molecule has 11 heavy (non-hydrogen) atoms. The van der Waals surface area contributed by atoms with E-state index in [0.717, 1.165) is 0 Å². The smallest absolute Gasteiger partial charge is 0.127 e. The van der Waals surface area contributed by atoms with Crippen molar-refractivity contribution in [3.63, 3.8) is 0 Å². The molecule has 0 amide bonds. The number of thiol groups is 1. The Morgan fingerprint density at radius 2 is 2.18 bits per heavy atom. The Kier molecular flexibility index (Phi) is 3.76. The lowest BCUT2D eigenvalue weighted by molar-refractivity contribution is 0.608. The van der Waals surface area contributed by atoms with Crippen LogP contribution in [0.25, 0.3) is 0 Å². The van der Waals surface area contributed by atoms with Crippen LogP contribution in [0.15, 0.2) is 24.3 Å². The molecule has 0 bridgehead atoms. The highest BCUT2D eigenvalue weighted by atomic mass is 33.1. The summed E-state index contributed by atoms with van der Waals surface area (Å²) in [6.45, 7) is 0.501. The molecular formula is C7H8FNS2. The van der Waals surface area contributed by atoms with E-state index >= 15 is 0 Å². The fourth-order valence-corrected chi connectivity index (χ4v) is 1.17. The van der Waals surface area contributed by atoms with Gasteiger partial charge in [0.25, 0.3) is 0 Å². The minimum absolute atomic E-state index is 0.178. The van der Waals surface area contributed by atoms with Gasteiger partial charge in [-0.3, -0.25) is 4.72 Å². The van der Waals surface area contributed by atoms with E-state index in [4.69, 9.17) is 0 Å². The maximum Gasteiger partial charge on any atom is 0.127 e. The predicted octanol–water partition coefficient (Wildman–Crippen LogP) is 2.41. The summed E-state index contributed by atoms with van der Waals surface area (Å²) >= 11 is 3.87. The highest BCUT2D eigenvalue weighted by Crippen LogP contribution is 2.08. The van der Waals surface area contributed by atoms with Crippen molar-refractivity contribution in [2.24, 2.45) is 0 Å². The molecule has 0 aromatic heterocycles. The second-order valence-electron chi connectivity index (χ2n) is 2.00. The third-order valence-corrected chi connectivity index (χ3v) is 1.95. The fourth-order valence-electron chi connectivity index (χ4n) is 0.752. The summed E-state index contributed by atoms with van der Waals surface area (Å²) < 4.78 is 15.7. The largest absolute Gasteiger partial charge is 0.250 e. The predicted molar refractivity (Wildman–Crippen MR) is 49.8 cm³/mol. The van der Waals surface area contributed by atoms with Crippen LogP contribution in [0.1, 0.15) is 5.56 Å². The second kappa shape index (κ2) is 4.64. The van der Waals surface area contributed by atoms with E-state index in [1.54, 1.807) is 12.1 Å². The molecule has 0 unspecified atom stereocenters. The summed E-state index contributed by atoms with van der Waals surface area (Å²) in [5, 5.41) is 0. The Hall–Kier alpha value is -0.190. The lowest BCUT2D eigenvalue weighted by Crippen LogP contribution is -2.02. The fraction of sp³-hybridized carbons (Fsp3) is 0.143. The van der Waals surface area contributed by atoms with Gasteiger partial charge in [0.05, 0.1) is 0 Å².